The Kier molecular flexibility index (Phi) is 14.6. The van der Waals surface area contributed by atoms with Gasteiger partial charge in [-0.15, -0.1) is 6.58 Å². The van der Waals surface area contributed by atoms with Gasteiger partial charge in [0.2, 0.25) is 5.79 Å². The SMILES string of the molecule is C=CCOC12Oc3ccc(Oc4ccc5ccccc5c4)cc3C3C(CCCCO)C(CCCCO)C=C(C(=NOC)CC1N(C)C(=O)OCCOCc1ccccc1)C32. The van der Waals surface area contributed by atoms with E-state index in [9.17, 15) is 15.0 Å². The lowest BCUT2D eigenvalue weighted by atomic mass is 9.55. The number of amides is 1. The summed E-state index contributed by atoms with van der Waals surface area (Å²) in [6, 6.07) is 29.4. The van der Waals surface area contributed by atoms with E-state index in [1.165, 1.54) is 7.11 Å². The van der Waals surface area contributed by atoms with E-state index >= 15 is 0 Å². The highest BCUT2D eigenvalue weighted by atomic mass is 16.7. The number of nitrogens with zero attached hydrogens (tertiary/aromatic N) is 2. The van der Waals surface area contributed by atoms with E-state index in [1.807, 2.05) is 66.7 Å². The average Bonchev–Trinajstić information content (AvgIpc) is 3.27. The van der Waals surface area contributed by atoms with Crippen LogP contribution in [0.15, 0.2) is 120 Å². The fourth-order valence-electron chi connectivity index (χ4n) is 9.45. The lowest BCUT2D eigenvalue weighted by molar-refractivity contribution is -0.253. The minimum Gasteiger partial charge on any atom is -0.459 e. The van der Waals surface area contributed by atoms with Crippen LogP contribution in [0.3, 0.4) is 0 Å². The van der Waals surface area contributed by atoms with Gasteiger partial charge in [-0.3, -0.25) is 0 Å². The van der Waals surface area contributed by atoms with Crippen molar-refractivity contribution in [2.45, 2.75) is 69.3 Å². The van der Waals surface area contributed by atoms with Crippen LogP contribution in [0, 0.1) is 17.8 Å². The molecule has 1 fully saturated rings. The summed E-state index contributed by atoms with van der Waals surface area (Å²) in [6.07, 6.45) is 8.43. The van der Waals surface area contributed by atoms with Crippen LogP contribution in [0.1, 0.15) is 62.0 Å². The number of ether oxygens (including phenoxy) is 5. The number of hydrogen-bond acceptors (Lipinski definition) is 10. The number of carbonyl (C=O) groups excluding carboxylic acids is 1. The predicted octanol–water partition coefficient (Wildman–Crippen LogP) is 9.18. The number of aliphatic hydroxyl groups excluding tert-OH is 2. The van der Waals surface area contributed by atoms with Crippen molar-refractivity contribution in [2.75, 3.05) is 47.2 Å². The van der Waals surface area contributed by atoms with Crippen molar-refractivity contribution >= 4 is 22.6 Å². The molecule has 0 saturated heterocycles. The number of hydrogen-bond donors (Lipinski definition) is 2. The first kappa shape index (κ1) is 42.9. The van der Waals surface area contributed by atoms with Gasteiger partial charge in [0.05, 0.1) is 31.5 Å². The van der Waals surface area contributed by atoms with E-state index in [1.54, 1.807) is 18.0 Å². The van der Waals surface area contributed by atoms with Crippen LogP contribution in [-0.2, 0) is 25.7 Å². The van der Waals surface area contributed by atoms with E-state index in [-0.39, 0.29) is 57.2 Å². The molecule has 6 unspecified atom stereocenters. The molecule has 11 heteroatoms. The molecule has 0 radical (unpaired) electrons. The molecule has 0 aromatic heterocycles. The molecule has 1 saturated carbocycles. The van der Waals surface area contributed by atoms with E-state index in [0.717, 1.165) is 58.9 Å². The van der Waals surface area contributed by atoms with Crippen LogP contribution in [0.25, 0.3) is 10.8 Å². The maximum absolute atomic E-state index is 14.0. The Morgan fingerprint density at radius 3 is 2.42 bits per heavy atom. The molecule has 4 aromatic carbocycles. The lowest BCUT2D eigenvalue weighted by Gasteiger charge is -2.59. The molecule has 7 rings (SSSR count). The highest BCUT2D eigenvalue weighted by molar-refractivity contribution is 6.03. The summed E-state index contributed by atoms with van der Waals surface area (Å²) >= 11 is 0. The zero-order valence-corrected chi connectivity index (χ0v) is 34.7. The molecule has 1 heterocycles. The zero-order valence-electron chi connectivity index (χ0n) is 34.7. The molecule has 60 heavy (non-hydrogen) atoms. The molecule has 2 N–H and O–H groups in total. The van der Waals surface area contributed by atoms with Crippen molar-refractivity contribution in [2.24, 2.45) is 22.9 Å². The summed E-state index contributed by atoms with van der Waals surface area (Å²) in [5, 5.41) is 26.6. The van der Waals surface area contributed by atoms with Gasteiger partial charge in [-0.25, -0.2) is 4.79 Å². The Morgan fingerprint density at radius 1 is 0.917 bits per heavy atom. The molecule has 11 nitrogen and oxygen atoms in total. The zero-order chi connectivity index (χ0) is 41.9. The van der Waals surface area contributed by atoms with Crippen LogP contribution in [0.4, 0.5) is 4.79 Å². The van der Waals surface area contributed by atoms with Crippen molar-refractivity contribution < 1.29 is 43.5 Å². The summed E-state index contributed by atoms with van der Waals surface area (Å²) in [5.74, 6) is 0.214. The van der Waals surface area contributed by atoms with Gasteiger partial charge in [0, 0.05) is 38.2 Å². The third-order valence-electron chi connectivity index (χ3n) is 12.1. The smallest absolute Gasteiger partial charge is 0.410 e. The maximum Gasteiger partial charge on any atom is 0.410 e. The number of aliphatic hydroxyl groups is 2. The van der Waals surface area contributed by atoms with E-state index in [2.05, 4.69) is 42.1 Å². The first-order valence-corrected chi connectivity index (χ1v) is 21.2. The van der Waals surface area contributed by atoms with Crippen molar-refractivity contribution in [3.8, 4) is 17.2 Å². The predicted molar refractivity (Wildman–Crippen MR) is 231 cm³/mol. The van der Waals surface area contributed by atoms with Crippen LogP contribution >= 0.6 is 0 Å². The maximum atomic E-state index is 14.0. The van der Waals surface area contributed by atoms with Crippen LogP contribution in [0.5, 0.6) is 17.2 Å². The molecule has 0 spiro atoms. The third kappa shape index (κ3) is 9.39. The van der Waals surface area contributed by atoms with Gasteiger partial charge in [0.1, 0.15) is 37.0 Å². The highest BCUT2D eigenvalue weighted by Gasteiger charge is 2.65. The third-order valence-corrected chi connectivity index (χ3v) is 12.1. The first-order chi connectivity index (χ1) is 29.4. The van der Waals surface area contributed by atoms with Crippen LogP contribution < -0.4 is 9.47 Å². The number of allylic oxidation sites excluding steroid dienone is 1. The second-order valence-electron chi connectivity index (χ2n) is 15.8. The second-order valence-corrected chi connectivity index (χ2v) is 15.8. The molecule has 1 aliphatic heterocycles. The van der Waals surface area contributed by atoms with Gasteiger partial charge < -0.3 is 43.6 Å². The molecule has 0 bridgehead atoms. The molecule has 3 aliphatic rings. The van der Waals surface area contributed by atoms with Gasteiger partial charge in [-0.05, 0) is 89.8 Å². The Hall–Kier alpha value is -5.20. The fourth-order valence-corrected chi connectivity index (χ4v) is 9.45. The molecule has 6 atom stereocenters. The summed E-state index contributed by atoms with van der Waals surface area (Å²) in [4.78, 5) is 21.1. The van der Waals surface area contributed by atoms with Crippen molar-refractivity contribution in [1.82, 2.24) is 4.90 Å². The highest BCUT2D eigenvalue weighted by Crippen LogP contribution is 2.62. The molecule has 2 aliphatic carbocycles. The minimum atomic E-state index is -1.38. The molecule has 1 amide bonds. The number of fused-ring (bicyclic) bond motifs is 3. The number of benzene rings is 4. The van der Waals surface area contributed by atoms with Gasteiger partial charge in [-0.2, -0.15) is 0 Å². The molecular weight excluding hydrogens is 761 g/mol. The van der Waals surface area contributed by atoms with Gasteiger partial charge in [-0.1, -0.05) is 90.8 Å². The summed E-state index contributed by atoms with van der Waals surface area (Å²) < 4.78 is 32.4. The number of carbonyl (C=O) groups is 1. The summed E-state index contributed by atoms with van der Waals surface area (Å²) in [7, 11) is 3.25. The molecular formula is C49H58N2O9. The van der Waals surface area contributed by atoms with Gasteiger partial charge in [0.15, 0.2) is 0 Å². The molecule has 318 valence electrons. The van der Waals surface area contributed by atoms with Crippen LogP contribution in [0.2, 0.25) is 0 Å². The fraction of sp³-hybridized carbons (Fsp3) is 0.429. The monoisotopic (exact) mass is 818 g/mol. The van der Waals surface area contributed by atoms with Crippen molar-refractivity contribution in [3.63, 3.8) is 0 Å². The first-order valence-electron chi connectivity index (χ1n) is 21.2. The summed E-state index contributed by atoms with van der Waals surface area (Å²) in [5.41, 5.74) is 3.67. The van der Waals surface area contributed by atoms with Gasteiger partial charge in [0.25, 0.3) is 0 Å². The Balaban J connectivity index is 1.29. The van der Waals surface area contributed by atoms with Crippen molar-refractivity contribution in [3.05, 3.63) is 126 Å². The van der Waals surface area contributed by atoms with E-state index < -0.39 is 23.8 Å². The van der Waals surface area contributed by atoms with Crippen molar-refractivity contribution in [1.29, 1.82) is 0 Å². The second kappa shape index (κ2) is 20.4. The number of rotatable bonds is 20. The largest absolute Gasteiger partial charge is 0.459 e. The van der Waals surface area contributed by atoms with E-state index in [0.29, 0.717) is 36.7 Å². The molecule has 4 aromatic rings. The lowest BCUT2D eigenvalue weighted by Crippen LogP contribution is -2.69. The van der Waals surface area contributed by atoms with Gasteiger partial charge >= 0.3 is 6.09 Å². The number of likely N-dealkylation sites (N-methyl/N-ethyl adjacent to an activating group) is 1. The van der Waals surface area contributed by atoms with E-state index in [4.69, 9.17) is 28.5 Å². The minimum absolute atomic E-state index is 0.0611. The Labute approximate surface area is 353 Å². The normalized spacial score (nSPS) is 23.5. The number of oxime groups is 1. The standard InChI is InChI=1S/C49H58N2O9/c1-4-26-58-49-45(51(2)48(54)57-28-27-56-33-34-14-6-5-7-15-34)32-43(50-55-3)41-30-37(18-10-12-24-52)40(19-11-13-25-53)46(47(41)49)42-31-39(22-23-44(42)60-49)59-38-21-20-35-16-8-9-17-36(35)29-38/h4-9,14-17,20-23,29-31,37,40,45-47,52-53H,1,10-13,18-19,24-28,32-33H2,2-3H3. The average molecular weight is 819 g/mol. The Morgan fingerprint density at radius 2 is 1.65 bits per heavy atom. The quantitative estimate of drug-likeness (QED) is 0.0510. The Bertz CT molecular complexity index is 2120. The van der Waals surface area contributed by atoms with Crippen LogP contribution in [-0.4, -0.2) is 85.9 Å². The topological polar surface area (TPSA) is 129 Å². The summed E-state index contributed by atoms with van der Waals surface area (Å²) in [6.45, 7) is 5.08. The number of unbranched alkanes of at least 4 members (excludes halogenated alkanes) is 2.